The van der Waals surface area contributed by atoms with E-state index in [1.807, 2.05) is 18.0 Å². The molecule has 9 nitrogen and oxygen atoms in total. The molecule has 1 saturated heterocycles. The summed E-state index contributed by atoms with van der Waals surface area (Å²) in [6.45, 7) is 4.87. The molecular formula is C18H19ClN6O3S. The Hall–Kier alpha value is -2.56. The smallest absolute Gasteiger partial charge is 0.341 e. The van der Waals surface area contributed by atoms with Crippen molar-refractivity contribution in [3.63, 3.8) is 0 Å². The predicted octanol–water partition coefficient (Wildman–Crippen LogP) is 2.92. The van der Waals surface area contributed by atoms with Crippen molar-refractivity contribution in [2.24, 2.45) is 0 Å². The van der Waals surface area contributed by atoms with E-state index in [-0.39, 0.29) is 5.28 Å². The van der Waals surface area contributed by atoms with Gasteiger partial charge in [0.05, 0.1) is 35.6 Å². The summed E-state index contributed by atoms with van der Waals surface area (Å²) in [5, 5.41) is 1.09. The lowest BCUT2D eigenvalue weighted by molar-refractivity contribution is 0.0525. The molecule has 29 heavy (non-hydrogen) atoms. The molecule has 0 spiro atoms. The van der Waals surface area contributed by atoms with Crippen LogP contribution in [-0.4, -0.2) is 65.9 Å². The molecule has 3 aromatic rings. The van der Waals surface area contributed by atoms with E-state index in [0.717, 1.165) is 34.1 Å². The number of rotatable bonds is 5. The fourth-order valence-electron chi connectivity index (χ4n) is 2.94. The number of ether oxygens (including phenoxy) is 2. The molecule has 0 aromatic carbocycles. The molecule has 3 aromatic heterocycles. The first kappa shape index (κ1) is 19.7. The maximum Gasteiger partial charge on any atom is 0.341 e. The second-order valence-electron chi connectivity index (χ2n) is 6.27. The molecule has 0 unspecified atom stereocenters. The molecule has 0 atom stereocenters. The zero-order chi connectivity index (χ0) is 20.4. The van der Waals surface area contributed by atoms with Gasteiger partial charge in [-0.1, -0.05) is 0 Å². The molecule has 0 radical (unpaired) electrons. The molecule has 11 heteroatoms. The zero-order valence-corrected chi connectivity index (χ0v) is 17.5. The average molecular weight is 435 g/mol. The van der Waals surface area contributed by atoms with Gasteiger partial charge in [0.15, 0.2) is 5.82 Å². The van der Waals surface area contributed by atoms with Gasteiger partial charge in [0.25, 0.3) is 0 Å². The number of carbonyl (C=O) groups excluding carboxylic acids is 1. The Labute approximate surface area is 176 Å². The van der Waals surface area contributed by atoms with Crippen LogP contribution in [0.3, 0.4) is 0 Å². The van der Waals surface area contributed by atoms with E-state index >= 15 is 0 Å². The zero-order valence-electron chi connectivity index (χ0n) is 16.0. The van der Waals surface area contributed by atoms with Crippen LogP contribution < -0.4 is 9.80 Å². The van der Waals surface area contributed by atoms with Gasteiger partial charge in [-0.2, -0.15) is 4.98 Å². The second-order valence-corrected chi connectivity index (χ2v) is 7.63. The number of carbonyl (C=O) groups is 1. The number of fused-ring (bicyclic) bond motifs is 1. The minimum absolute atomic E-state index is 0.209. The molecule has 0 N–H and O–H groups in total. The number of aromatic nitrogens is 4. The summed E-state index contributed by atoms with van der Waals surface area (Å²) < 4.78 is 11.3. The number of thiophene rings is 1. The van der Waals surface area contributed by atoms with E-state index in [0.29, 0.717) is 31.3 Å². The Balaban J connectivity index is 1.64. The van der Waals surface area contributed by atoms with Crippen molar-refractivity contribution < 1.29 is 14.3 Å². The molecule has 0 amide bonds. The van der Waals surface area contributed by atoms with Crippen LogP contribution in [0, 0.1) is 0 Å². The highest BCUT2D eigenvalue weighted by Gasteiger charge is 2.21. The topological polar surface area (TPSA) is 93.6 Å². The molecule has 1 aliphatic rings. The third-order valence-electron chi connectivity index (χ3n) is 4.40. The van der Waals surface area contributed by atoms with Crippen molar-refractivity contribution in [2.75, 3.05) is 49.8 Å². The maximum atomic E-state index is 11.8. The van der Waals surface area contributed by atoms with Gasteiger partial charge in [0.1, 0.15) is 5.00 Å². The van der Waals surface area contributed by atoms with Gasteiger partial charge in [-0.15, -0.1) is 11.3 Å². The van der Waals surface area contributed by atoms with E-state index in [4.69, 9.17) is 21.1 Å². The van der Waals surface area contributed by atoms with E-state index in [9.17, 15) is 4.79 Å². The van der Waals surface area contributed by atoms with E-state index in [2.05, 4.69) is 24.8 Å². The average Bonchev–Trinajstić information content (AvgIpc) is 3.17. The number of halogens is 1. The fraction of sp³-hybridized carbons (Fsp3) is 0.389. The molecule has 1 aliphatic heterocycles. The van der Waals surface area contributed by atoms with Gasteiger partial charge < -0.3 is 19.3 Å². The summed E-state index contributed by atoms with van der Waals surface area (Å²) in [6.07, 6.45) is 2.92. The standard InChI is InChI=1S/C18H19ClN6O3S/c1-3-28-16(26)11-9-20-18(21-10-11)24(2)13-8-12-14(29-13)15(23-17(19)22-12)25-4-6-27-7-5-25/h8-10H,3-7H2,1-2H3. The van der Waals surface area contributed by atoms with Crippen LogP contribution in [0.5, 0.6) is 0 Å². The van der Waals surface area contributed by atoms with Gasteiger partial charge in [-0.25, -0.2) is 19.7 Å². The van der Waals surface area contributed by atoms with Crippen LogP contribution in [0.2, 0.25) is 5.28 Å². The Bertz CT molecular complexity index is 1020. The summed E-state index contributed by atoms with van der Waals surface area (Å²) >= 11 is 7.70. The lowest BCUT2D eigenvalue weighted by Crippen LogP contribution is -2.36. The van der Waals surface area contributed by atoms with Gasteiger partial charge >= 0.3 is 5.97 Å². The van der Waals surface area contributed by atoms with Gasteiger partial charge in [-0.3, -0.25) is 0 Å². The molecule has 152 valence electrons. The summed E-state index contributed by atoms with van der Waals surface area (Å²) in [5.74, 6) is 0.826. The van der Waals surface area contributed by atoms with Crippen molar-refractivity contribution in [2.45, 2.75) is 6.92 Å². The van der Waals surface area contributed by atoms with Crippen molar-refractivity contribution in [3.8, 4) is 0 Å². The van der Waals surface area contributed by atoms with Crippen LogP contribution in [0.1, 0.15) is 17.3 Å². The van der Waals surface area contributed by atoms with Gasteiger partial charge in [-0.05, 0) is 24.6 Å². The number of morpholine rings is 1. The lowest BCUT2D eigenvalue weighted by Gasteiger charge is -2.28. The SMILES string of the molecule is CCOC(=O)c1cnc(N(C)c2cc3nc(Cl)nc(N4CCOCC4)c3s2)nc1. The van der Waals surface area contributed by atoms with Crippen molar-refractivity contribution in [3.05, 3.63) is 29.3 Å². The van der Waals surface area contributed by atoms with Crippen LogP contribution >= 0.6 is 22.9 Å². The molecule has 4 heterocycles. The van der Waals surface area contributed by atoms with E-state index in [1.165, 1.54) is 23.7 Å². The molecule has 0 bridgehead atoms. The second kappa shape index (κ2) is 8.44. The van der Waals surface area contributed by atoms with Crippen LogP contribution in [0.25, 0.3) is 10.2 Å². The third-order valence-corrected chi connectivity index (χ3v) is 5.77. The number of anilines is 3. The Morgan fingerprint density at radius 1 is 1.31 bits per heavy atom. The van der Waals surface area contributed by atoms with E-state index < -0.39 is 5.97 Å². The molecule has 0 saturated carbocycles. The Kier molecular flexibility index (Phi) is 5.74. The number of hydrogen-bond acceptors (Lipinski definition) is 10. The number of esters is 1. The van der Waals surface area contributed by atoms with Crippen molar-refractivity contribution in [1.29, 1.82) is 0 Å². The van der Waals surface area contributed by atoms with Crippen LogP contribution in [0.4, 0.5) is 16.8 Å². The highest BCUT2D eigenvalue weighted by atomic mass is 35.5. The molecule has 4 rings (SSSR count). The Morgan fingerprint density at radius 2 is 2.03 bits per heavy atom. The number of hydrogen-bond donors (Lipinski definition) is 0. The van der Waals surface area contributed by atoms with E-state index in [1.54, 1.807) is 6.92 Å². The van der Waals surface area contributed by atoms with Gasteiger partial charge in [0.2, 0.25) is 11.2 Å². The summed E-state index contributed by atoms with van der Waals surface area (Å²) in [6, 6.07) is 1.93. The number of nitrogens with zero attached hydrogens (tertiary/aromatic N) is 6. The van der Waals surface area contributed by atoms with Crippen molar-refractivity contribution in [1.82, 2.24) is 19.9 Å². The molecule has 0 aliphatic carbocycles. The fourth-order valence-corrected chi connectivity index (χ4v) is 4.19. The Morgan fingerprint density at radius 3 is 2.72 bits per heavy atom. The normalized spacial score (nSPS) is 14.2. The summed E-state index contributed by atoms with van der Waals surface area (Å²) in [4.78, 5) is 33.2. The van der Waals surface area contributed by atoms with Crippen LogP contribution in [-0.2, 0) is 9.47 Å². The maximum absolute atomic E-state index is 11.8. The molecule has 1 fully saturated rings. The highest BCUT2D eigenvalue weighted by Crippen LogP contribution is 2.38. The first-order chi connectivity index (χ1) is 14.1. The summed E-state index contributed by atoms with van der Waals surface area (Å²) in [7, 11) is 1.85. The summed E-state index contributed by atoms with van der Waals surface area (Å²) in [5.41, 5.74) is 1.08. The monoisotopic (exact) mass is 434 g/mol. The molecular weight excluding hydrogens is 416 g/mol. The minimum atomic E-state index is -0.441. The lowest BCUT2D eigenvalue weighted by atomic mass is 10.3. The largest absolute Gasteiger partial charge is 0.462 e. The predicted molar refractivity (Wildman–Crippen MR) is 112 cm³/mol. The first-order valence-electron chi connectivity index (χ1n) is 9.09. The van der Waals surface area contributed by atoms with Crippen molar-refractivity contribution >= 4 is 55.9 Å². The van der Waals surface area contributed by atoms with Gasteiger partial charge in [0, 0.05) is 32.5 Å². The first-order valence-corrected chi connectivity index (χ1v) is 10.3. The highest BCUT2D eigenvalue weighted by molar-refractivity contribution is 7.23. The third kappa shape index (κ3) is 4.09. The van der Waals surface area contributed by atoms with Crippen LogP contribution in [0.15, 0.2) is 18.5 Å². The quantitative estimate of drug-likeness (QED) is 0.443. The minimum Gasteiger partial charge on any atom is -0.462 e.